The Balaban J connectivity index is 1.70. The van der Waals surface area contributed by atoms with Crippen LogP contribution in [0.4, 0.5) is 0 Å². The van der Waals surface area contributed by atoms with Crippen molar-refractivity contribution in [2.24, 2.45) is 0 Å². The number of hydrogen-bond acceptors (Lipinski definition) is 3. The first-order chi connectivity index (χ1) is 10.8. The third-order valence-electron chi connectivity index (χ3n) is 5.10. The standard InChI is InChI=1S/C18H15NO3/c1-21-9-6-7-12-13(8-9)14-15(19-18(12)20)17-11-5-3-2-4-10(11)16(14)22-17/h2-8,14-17H,1H3,(H,19,20)/t14?,15?,16-,17+/m1/s1. The maximum atomic E-state index is 12.4. The largest absolute Gasteiger partial charge is 0.497 e. The Labute approximate surface area is 128 Å². The molecule has 2 bridgehead atoms. The summed E-state index contributed by atoms with van der Waals surface area (Å²) in [6.07, 6.45) is -0.0350. The van der Waals surface area contributed by atoms with Gasteiger partial charge in [-0.15, -0.1) is 0 Å². The van der Waals surface area contributed by atoms with Gasteiger partial charge in [0, 0.05) is 11.5 Å². The van der Waals surface area contributed by atoms with Gasteiger partial charge in [0.05, 0.1) is 19.3 Å². The fourth-order valence-electron chi connectivity index (χ4n) is 4.17. The van der Waals surface area contributed by atoms with Crippen LogP contribution in [0.15, 0.2) is 42.5 Å². The topological polar surface area (TPSA) is 47.6 Å². The van der Waals surface area contributed by atoms with Crippen LogP contribution in [-0.2, 0) is 4.74 Å². The highest BCUT2D eigenvalue weighted by Crippen LogP contribution is 2.59. The molecule has 0 aromatic heterocycles. The first-order valence-corrected chi connectivity index (χ1v) is 7.51. The zero-order valence-corrected chi connectivity index (χ0v) is 12.1. The van der Waals surface area contributed by atoms with Gasteiger partial charge in [-0.2, -0.15) is 0 Å². The van der Waals surface area contributed by atoms with Crippen LogP contribution >= 0.6 is 0 Å². The van der Waals surface area contributed by atoms with E-state index in [-0.39, 0.29) is 30.1 Å². The summed E-state index contributed by atoms with van der Waals surface area (Å²) in [7, 11) is 1.65. The Morgan fingerprint density at radius 3 is 2.59 bits per heavy atom. The number of carbonyl (C=O) groups is 1. The zero-order valence-electron chi connectivity index (χ0n) is 12.1. The molecule has 4 heteroatoms. The lowest BCUT2D eigenvalue weighted by atomic mass is 9.73. The summed E-state index contributed by atoms with van der Waals surface area (Å²) < 4.78 is 11.6. The van der Waals surface area contributed by atoms with E-state index in [2.05, 4.69) is 17.4 Å². The van der Waals surface area contributed by atoms with Gasteiger partial charge in [0.25, 0.3) is 5.91 Å². The normalized spacial score (nSPS) is 30.3. The molecule has 4 atom stereocenters. The van der Waals surface area contributed by atoms with E-state index in [9.17, 15) is 4.79 Å². The minimum atomic E-state index is -0.0468. The molecule has 0 saturated carbocycles. The molecular weight excluding hydrogens is 278 g/mol. The number of rotatable bonds is 1. The van der Waals surface area contributed by atoms with Gasteiger partial charge in [0.15, 0.2) is 0 Å². The van der Waals surface area contributed by atoms with Gasteiger partial charge in [-0.25, -0.2) is 0 Å². The van der Waals surface area contributed by atoms with E-state index >= 15 is 0 Å². The van der Waals surface area contributed by atoms with Crippen molar-refractivity contribution in [1.29, 1.82) is 0 Å². The van der Waals surface area contributed by atoms with Crippen molar-refractivity contribution in [2.75, 3.05) is 7.11 Å². The molecule has 1 N–H and O–H groups in total. The molecule has 3 aliphatic heterocycles. The fourth-order valence-corrected chi connectivity index (χ4v) is 4.17. The van der Waals surface area contributed by atoms with Gasteiger partial charge in [-0.3, -0.25) is 4.79 Å². The molecule has 0 radical (unpaired) electrons. The lowest BCUT2D eigenvalue weighted by molar-refractivity contribution is 0.0611. The van der Waals surface area contributed by atoms with Crippen molar-refractivity contribution in [3.63, 3.8) is 0 Å². The smallest absolute Gasteiger partial charge is 0.251 e. The summed E-state index contributed by atoms with van der Waals surface area (Å²) in [4.78, 5) is 12.4. The van der Waals surface area contributed by atoms with Crippen LogP contribution in [0, 0.1) is 0 Å². The lowest BCUT2D eigenvalue weighted by Crippen LogP contribution is -2.46. The van der Waals surface area contributed by atoms with Crippen LogP contribution < -0.4 is 10.1 Å². The van der Waals surface area contributed by atoms with Crippen LogP contribution in [0.1, 0.15) is 45.2 Å². The van der Waals surface area contributed by atoms with Gasteiger partial charge in [-0.1, -0.05) is 24.3 Å². The summed E-state index contributed by atoms with van der Waals surface area (Å²) in [5, 5.41) is 3.14. The molecule has 2 aromatic carbocycles. The van der Waals surface area contributed by atoms with Gasteiger partial charge >= 0.3 is 0 Å². The summed E-state index contributed by atoms with van der Waals surface area (Å²) in [6.45, 7) is 0. The second-order valence-electron chi connectivity index (χ2n) is 6.08. The average molecular weight is 293 g/mol. The molecule has 2 unspecified atom stereocenters. The first-order valence-electron chi connectivity index (χ1n) is 7.51. The average Bonchev–Trinajstić information content (AvgIpc) is 3.11. The second kappa shape index (κ2) is 4.11. The van der Waals surface area contributed by atoms with Gasteiger partial charge in [0.2, 0.25) is 0 Å². The van der Waals surface area contributed by atoms with E-state index in [0.717, 1.165) is 16.9 Å². The molecule has 3 aliphatic rings. The number of benzene rings is 2. The Kier molecular flexibility index (Phi) is 2.29. The number of fused-ring (bicyclic) bond motifs is 10. The molecule has 5 rings (SSSR count). The Hall–Kier alpha value is -2.33. The highest BCUT2D eigenvalue weighted by molar-refractivity contribution is 5.98. The van der Waals surface area contributed by atoms with Crippen molar-refractivity contribution < 1.29 is 14.3 Å². The third-order valence-corrected chi connectivity index (χ3v) is 5.10. The maximum absolute atomic E-state index is 12.4. The summed E-state index contributed by atoms with van der Waals surface area (Å²) in [6, 6.07) is 14.0. The quantitative estimate of drug-likeness (QED) is 0.879. The van der Waals surface area contributed by atoms with E-state index in [0.29, 0.717) is 0 Å². The van der Waals surface area contributed by atoms with Gasteiger partial charge in [-0.05, 0) is 34.9 Å². The number of ether oxygens (including phenoxy) is 2. The molecule has 110 valence electrons. The van der Waals surface area contributed by atoms with E-state index in [1.165, 1.54) is 11.1 Å². The predicted octanol–water partition coefficient (Wildman–Crippen LogP) is 2.72. The van der Waals surface area contributed by atoms with Crippen LogP contribution in [0.2, 0.25) is 0 Å². The molecule has 0 spiro atoms. The molecule has 22 heavy (non-hydrogen) atoms. The summed E-state index contributed by atoms with van der Waals surface area (Å²) in [5.74, 6) is 0.915. The van der Waals surface area contributed by atoms with Crippen LogP contribution in [0.25, 0.3) is 0 Å². The van der Waals surface area contributed by atoms with E-state index in [1.54, 1.807) is 7.11 Å². The second-order valence-corrected chi connectivity index (χ2v) is 6.08. The van der Waals surface area contributed by atoms with Gasteiger partial charge in [0.1, 0.15) is 11.9 Å². The molecule has 4 nitrogen and oxygen atoms in total. The minimum absolute atomic E-state index is 0.00649. The molecule has 0 aliphatic carbocycles. The molecular formula is C18H15NO3. The third kappa shape index (κ3) is 1.38. The monoisotopic (exact) mass is 293 g/mol. The van der Waals surface area contributed by atoms with E-state index < -0.39 is 0 Å². The predicted molar refractivity (Wildman–Crippen MR) is 80.0 cm³/mol. The van der Waals surface area contributed by atoms with Crippen LogP contribution in [0.3, 0.4) is 0 Å². The van der Waals surface area contributed by atoms with Crippen molar-refractivity contribution in [3.05, 3.63) is 64.7 Å². The first kappa shape index (κ1) is 12.2. The minimum Gasteiger partial charge on any atom is -0.497 e. The highest BCUT2D eigenvalue weighted by atomic mass is 16.5. The van der Waals surface area contributed by atoms with E-state index in [1.807, 2.05) is 30.3 Å². The van der Waals surface area contributed by atoms with Crippen molar-refractivity contribution in [2.45, 2.75) is 24.2 Å². The number of hydrogen-bond donors (Lipinski definition) is 1. The number of nitrogens with one attached hydrogen (secondary N) is 1. The number of methoxy groups -OCH3 is 1. The SMILES string of the molecule is COc1ccc2c(c1)C1C(NC2=O)[C@H]2O[C@@H]1c1ccccc12. The van der Waals surface area contributed by atoms with Crippen LogP contribution in [0.5, 0.6) is 5.75 Å². The zero-order chi connectivity index (χ0) is 14.8. The van der Waals surface area contributed by atoms with Crippen LogP contribution in [-0.4, -0.2) is 19.1 Å². The number of carbonyl (C=O) groups excluding carboxylic acids is 1. The van der Waals surface area contributed by atoms with Crippen molar-refractivity contribution in [3.8, 4) is 5.75 Å². The molecule has 1 amide bonds. The Morgan fingerprint density at radius 2 is 1.82 bits per heavy atom. The van der Waals surface area contributed by atoms with Gasteiger partial charge < -0.3 is 14.8 Å². The summed E-state index contributed by atoms with van der Waals surface area (Å²) >= 11 is 0. The number of amides is 1. The highest BCUT2D eigenvalue weighted by Gasteiger charge is 2.55. The molecule has 1 saturated heterocycles. The molecule has 1 fully saturated rings. The van der Waals surface area contributed by atoms with E-state index in [4.69, 9.17) is 9.47 Å². The Bertz CT molecular complexity index is 801. The molecule has 3 heterocycles. The van der Waals surface area contributed by atoms with Crippen molar-refractivity contribution >= 4 is 5.91 Å². The summed E-state index contributed by atoms with van der Waals surface area (Å²) in [5.41, 5.74) is 4.23. The lowest BCUT2D eigenvalue weighted by Gasteiger charge is -2.35. The fraction of sp³-hybridized carbons (Fsp3) is 0.278. The molecule has 2 aromatic rings. The maximum Gasteiger partial charge on any atom is 0.251 e. The van der Waals surface area contributed by atoms with Crippen molar-refractivity contribution in [1.82, 2.24) is 5.32 Å². The Morgan fingerprint density at radius 1 is 1.05 bits per heavy atom.